The van der Waals surface area contributed by atoms with Crippen molar-refractivity contribution < 1.29 is 9.26 Å². The highest BCUT2D eigenvalue weighted by Crippen LogP contribution is 2.22. The summed E-state index contributed by atoms with van der Waals surface area (Å²) in [5.41, 5.74) is 6.19. The highest BCUT2D eigenvalue weighted by molar-refractivity contribution is 4.95. The van der Waals surface area contributed by atoms with Crippen molar-refractivity contribution in [3.05, 3.63) is 23.6 Å². The monoisotopic (exact) mass is 266 g/mol. The third-order valence-electron chi connectivity index (χ3n) is 2.69. The van der Waals surface area contributed by atoms with E-state index >= 15 is 0 Å². The first-order valence-electron chi connectivity index (χ1n) is 6.08. The fraction of sp³-hybridized carbons (Fsp3) is 0.636. The molecule has 2 aromatic rings. The first-order chi connectivity index (χ1) is 9.13. The largest absolute Gasteiger partial charge is 0.373 e. The van der Waals surface area contributed by atoms with Gasteiger partial charge in [0, 0.05) is 13.7 Å². The third-order valence-corrected chi connectivity index (χ3v) is 2.69. The zero-order chi connectivity index (χ0) is 13.8. The van der Waals surface area contributed by atoms with Gasteiger partial charge < -0.3 is 15.0 Å². The molecule has 0 saturated carbocycles. The normalized spacial score (nSPS) is 13.1. The van der Waals surface area contributed by atoms with E-state index in [4.69, 9.17) is 15.0 Å². The summed E-state index contributed by atoms with van der Waals surface area (Å²) >= 11 is 0. The molecule has 104 valence electrons. The highest BCUT2D eigenvalue weighted by atomic mass is 16.5. The molecule has 8 heteroatoms. The molecule has 0 aromatic carbocycles. The maximum absolute atomic E-state index is 5.47. The Kier molecular flexibility index (Phi) is 4.23. The summed E-state index contributed by atoms with van der Waals surface area (Å²) in [5, 5.41) is 11.7. The Morgan fingerprint density at radius 2 is 2.26 bits per heavy atom. The Labute approximate surface area is 110 Å². The summed E-state index contributed by atoms with van der Waals surface area (Å²) in [6, 6.07) is 0. The lowest BCUT2D eigenvalue weighted by Gasteiger charge is -2.14. The van der Waals surface area contributed by atoms with E-state index in [0.717, 1.165) is 5.69 Å². The molecule has 0 aliphatic rings. The van der Waals surface area contributed by atoms with Crippen LogP contribution in [0.2, 0.25) is 0 Å². The van der Waals surface area contributed by atoms with Crippen molar-refractivity contribution in [1.82, 2.24) is 25.1 Å². The topological polar surface area (TPSA) is 105 Å². The molecule has 0 amide bonds. The van der Waals surface area contributed by atoms with E-state index in [9.17, 15) is 0 Å². The Balaban J connectivity index is 2.08. The average Bonchev–Trinajstić information content (AvgIpc) is 3.00. The van der Waals surface area contributed by atoms with Gasteiger partial charge in [0.15, 0.2) is 0 Å². The molecule has 2 heterocycles. The second kappa shape index (κ2) is 5.89. The molecule has 19 heavy (non-hydrogen) atoms. The average molecular weight is 266 g/mol. The van der Waals surface area contributed by atoms with Crippen LogP contribution in [0.4, 0.5) is 0 Å². The van der Waals surface area contributed by atoms with Gasteiger partial charge in [-0.15, -0.1) is 5.10 Å². The molecule has 0 bridgehead atoms. The predicted molar refractivity (Wildman–Crippen MR) is 65.9 cm³/mol. The van der Waals surface area contributed by atoms with Crippen LogP contribution in [0.25, 0.3) is 0 Å². The van der Waals surface area contributed by atoms with Crippen LogP contribution < -0.4 is 5.73 Å². The van der Waals surface area contributed by atoms with E-state index in [0.29, 0.717) is 24.8 Å². The molecular weight excluding hydrogens is 248 g/mol. The fourth-order valence-electron chi connectivity index (χ4n) is 1.77. The van der Waals surface area contributed by atoms with Gasteiger partial charge in [-0.05, 0) is 5.92 Å². The Hall–Kier alpha value is -1.80. The van der Waals surface area contributed by atoms with Crippen molar-refractivity contribution >= 4 is 0 Å². The van der Waals surface area contributed by atoms with Crippen molar-refractivity contribution in [3.63, 3.8) is 0 Å². The standard InChI is InChI=1S/C11H18N6O2/c1-7(2)10(18-3)11-13-9(19-15-11)6-17-5-8(4-12)14-16-17/h5,7,10H,4,6,12H2,1-3H3. The van der Waals surface area contributed by atoms with Crippen LogP contribution in [0.1, 0.15) is 37.4 Å². The third kappa shape index (κ3) is 3.15. The van der Waals surface area contributed by atoms with Crippen LogP contribution in [0.3, 0.4) is 0 Å². The van der Waals surface area contributed by atoms with Crippen LogP contribution in [0.5, 0.6) is 0 Å². The highest BCUT2D eigenvalue weighted by Gasteiger charge is 2.21. The number of hydrogen-bond donors (Lipinski definition) is 1. The first-order valence-corrected chi connectivity index (χ1v) is 6.08. The maximum Gasteiger partial charge on any atom is 0.248 e. The Bertz CT molecular complexity index is 521. The molecule has 2 rings (SSSR count). The van der Waals surface area contributed by atoms with Crippen molar-refractivity contribution in [2.24, 2.45) is 11.7 Å². The molecule has 0 aliphatic carbocycles. The molecule has 1 unspecified atom stereocenters. The summed E-state index contributed by atoms with van der Waals surface area (Å²) < 4.78 is 12.1. The number of hydrogen-bond acceptors (Lipinski definition) is 7. The van der Waals surface area contributed by atoms with Gasteiger partial charge in [-0.1, -0.05) is 24.2 Å². The Morgan fingerprint density at radius 1 is 1.47 bits per heavy atom. The molecule has 0 radical (unpaired) electrons. The lowest BCUT2D eigenvalue weighted by Crippen LogP contribution is -2.11. The zero-order valence-electron chi connectivity index (χ0n) is 11.3. The van der Waals surface area contributed by atoms with Crippen molar-refractivity contribution in [1.29, 1.82) is 0 Å². The number of nitrogens with zero attached hydrogens (tertiary/aromatic N) is 5. The van der Waals surface area contributed by atoms with Gasteiger partial charge in [-0.25, -0.2) is 4.68 Å². The van der Waals surface area contributed by atoms with E-state index < -0.39 is 0 Å². The quantitative estimate of drug-likeness (QED) is 0.812. The van der Waals surface area contributed by atoms with Crippen molar-refractivity contribution in [3.8, 4) is 0 Å². The molecule has 2 N–H and O–H groups in total. The number of ether oxygens (including phenoxy) is 1. The molecule has 1 atom stereocenters. The molecule has 0 aliphatic heterocycles. The lowest BCUT2D eigenvalue weighted by molar-refractivity contribution is 0.0555. The SMILES string of the molecule is COC(c1noc(Cn2cc(CN)nn2)n1)C(C)C. The van der Waals surface area contributed by atoms with Crippen molar-refractivity contribution in [2.75, 3.05) is 7.11 Å². The smallest absolute Gasteiger partial charge is 0.248 e. The molecule has 0 fully saturated rings. The molecule has 0 saturated heterocycles. The van der Waals surface area contributed by atoms with Gasteiger partial charge in [0.25, 0.3) is 0 Å². The minimum absolute atomic E-state index is 0.173. The fourth-order valence-corrected chi connectivity index (χ4v) is 1.77. The van der Waals surface area contributed by atoms with Crippen LogP contribution >= 0.6 is 0 Å². The number of nitrogens with two attached hydrogens (primary N) is 1. The first kappa shape index (κ1) is 13.6. The van der Waals surface area contributed by atoms with Crippen LogP contribution in [-0.4, -0.2) is 32.2 Å². The van der Waals surface area contributed by atoms with Gasteiger partial charge in [0.2, 0.25) is 11.7 Å². The van der Waals surface area contributed by atoms with Crippen LogP contribution in [0.15, 0.2) is 10.7 Å². The second-order valence-corrected chi connectivity index (χ2v) is 4.56. The Morgan fingerprint density at radius 3 is 2.84 bits per heavy atom. The summed E-state index contributed by atoms with van der Waals surface area (Å²) in [6.45, 7) is 4.80. The molecule has 2 aromatic heterocycles. The lowest BCUT2D eigenvalue weighted by atomic mass is 10.1. The van der Waals surface area contributed by atoms with E-state index in [1.54, 1.807) is 18.0 Å². The molecular formula is C11H18N6O2. The maximum atomic E-state index is 5.47. The van der Waals surface area contributed by atoms with E-state index in [-0.39, 0.29) is 12.0 Å². The summed E-state index contributed by atoms with van der Waals surface area (Å²) in [5.74, 6) is 1.28. The number of aromatic nitrogens is 5. The predicted octanol–water partition coefficient (Wildman–Crippen LogP) is 0.512. The number of methoxy groups -OCH3 is 1. The number of rotatable bonds is 6. The second-order valence-electron chi connectivity index (χ2n) is 4.56. The minimum atomic E-state index is -0.173. The molecule has 0 spiro atoms. The van der Waals surface area contributed by atoms with Crippen LogP contribution in [0, 0.1) is 5.92 Å². The minimum Gasteiger partial charge on any atom is -0.373 e. The van der Waals surface area contributed by atoms with E-state index in [2.05, 4.69) is 20.5 Å². The van der Waals surface area contributed by atoms with Crippen molar-refractivity contribution in [2.45, 2.75) is 33.0 Å². The summed E-state index contributed by atoms with van der Waals surface area (Å²) in [6.07, 6.45) is 1.58. The summed E-state index contributed by atoms with van der Waals surface area (Å²) in [7, 11) is 1.63. The van der Waals surface area contributed by atoms with E-state index in [1.165, 1.54) is 0 Å². The van der Waals surface area contributed by atoms with Gasteiger partial charge >= 0.3 is 0 Å². The van der Waals surface area contributed by atoms with Crippen LogP contribution in [-0.2, 0) is 17.8 Å². The van der Waals surface area contributed by atoms with Gasteiger partial charge in [0.05, 0.1) is 11.9 Å². The van der Waals surface area contributed by atoms with Gasteiger partial charge in [-0.2, -0.15) is 4.98 Å². The van der Waals surface area contributed by atoms with Gasteiger partial charge in [-0.3, -0.25) is 0 Å². The zero-order valence-corrected chi connectivity index (χ0v) is 11.3. The molecule has 8 nitrogen and oxygen atoms in total. The van der Waals surface area contributed by atoms with E-state index in [1.807, 2.05) is 13.8 Å². The van der Waals surface area contributed by atoms with Gasteiger partial charge in [0.1, 0.15) is 12.6 Å². The summed E-state index contributed by atoms with van der Waals surface area (Å²) in [4.78, 5) is 4.31.